The van der Waals surface area contributed by atoms with Gasteiger partial charge in [-0.1, -0.05) is 19.1 Å². The van der Waals surface area contributed by atoms with Gasteiger partial charge < -0.3 is 5.11 Å². The van der Waals surface area contributed by atoms with Gasteiger partial charge in [0, 0.05) is 0 Å². The Bertz CT molecular complexity index is 134. The van der Waals surface area contributed by atoms with E-state index < -0.39 is 0 Å². The molecule has 0 aromatic carbocycles. The lowest BCUT2D eigenvalue weighted by Crippen LogP contribution is -2.03. The van der Waals surface area contributed by atoms with Crippen LogP contribution in [-0.4, -0.2) is 11.2 Å². The molecule has 0 bridgehead atoms. The first-order valence-electron chi connectivity index (χ1n) is 4.20. The molecule has 64 valence electrons. The second-order valence-electron chi connectivity index (χ2n) is 2.67. The molecular weight excluding hydrogens is 136 g/mol. The third-order valence-corrected chi connectivity index (χ3v) is 1.72. The molecule has 0 radical (unpaired) electrons. The van der Waals surface area contributed by atoms with Gasteiger partial charge in [0.05, 0.1) is 6.10 Å². The van der Waals surface area contributed by atoms with Crippen LogP contribution in [0, 0.1) is 0 Å². The van der Waals surface area contributed by atoms with Crippen molar-refractivity contribution in [1.82, 2.24) is 0 Å². The summed E-state index contributed by atoms with van der Waals surface area (Å²) in [5, 5.41) is 9.22. The minimum Gasteiger partial charge on any atom is -0.389 e. The minimum atomic E-state index is -0.287. The molecule has 1 atom stereocenters. The van der Waals surface area contributed by atoms with Gasteiger partial charge in [-0.15, -0.1) is 6.58 Å². The fraction of sp³-hybridized carbons (Fsp3) is 0.600. The van der Waals surface area contributed by atoms with Crippen molar-refractivity contribution in [2.45, 2.75) is 39.2 Å². The maximum Gasteiger partial charge on any atom is 0.0721 e. The highest BCUT2D eigenvalue weighted by Gasteiger charge is 1.99. The Labute approximate surface area is 69.4 Å². The summed E-state index contributed by atoms with van der Waals surface area (Å²) in [5.74, 6) is 0. The topological polar surface area (TPSA) is 20.2 Å². The summed E-state index contributed by atoms with van der Waals surface area (Å²) in [5.41, 5.74) is 1.13. The van der Waals surface area contributed by atoms with Crippen molar-refractivity contribution >= 4 is 0 Å². The van der Waals surface area contributed by atoms with Gasteiger partial charge in [0.25, 0.3) is 0 Å². The van der Waals surface area contributed by atoms with E-state index in [1.54, 1.807) is 0 Å². The average Bonchev–Trinajstić information content (AvgIpc) is 1.97. The fourth-order valence-electron chi connectivity index (χ4n) is 0.997. The Kier molecular flexibility index (Phi) is 5.86. The number of allylic oxidation sites excluding steroid dienone is 2. The van der Waals surface area contributed by atoms with Gasteiger partial charge in [-0.25, -0.2) is 0 Å². The smallest absolute Gasteiger partial charge is 0.0721 e. The Morgan fingerprint density at radius 3 is 2.55 bits per heavy atom. The highest BCUT2D eigenvalue weighted by molar-refractivity contribution is 5.06. The lowest BCUT2D eigenvalue weighted by molar-refractivity contribution is 0.227. The van der Waals surface area contributed by atoms with Crippen molar-refractivity contribution in [3.63, 3.8) is 0 Å². The predicted octanol–water partition coefficient (Wildman–Crippen LogP) is 2.67. The molecule has 0 spiro atoms. The van der Waals surface area contributed by atoms with Crippen molar-refractivity contribution in [2.24, 2.45) is 0 Å². The third-order valence-electron chi connectivity index (χ3n) is 1.72. The standard InChI is InChI=1S/C10H18O/c1-4-6-7-8-10(5-2)9(3)11/h4,8-9,11H,1,5-7H2,2-3H3. The van der Waals surface area contributed by atoms with Gasteiger partial charge in [0.2, 0.25) is 0 Å². The molecule has 1 N–H and O–H groups in total. The SMILES string of the molecule is C=CCCC=C(CC)C(C)O. The van der Waals surface area contributed by atoms with E-state index in [1.807, 2.05) is 13.0 Å². The first-order valence-corrected chi connectivity index (χ1v) is 4.20. The van der Waals surface area contributed by atoms with Crippen LogP contribution in [0.3, 0.4) is 0 Å². The average molecular weight is 154 g/mol. The zero-order chi connectivity index (χ0) is 8.69. The van der Waals surface area contributed by atoms with Crippen LogP contribution in [0.25, 0.3) is 0 Å². The third kappa shape index (κ3) is 4.79. The summed E-state index contributed by atoms with van der Waals surface area (Å²) in [6.07, 6.45) is 6.64. The summed E-state index contributed by atoms with van der Waals surface area (Å²) >= 11 is 0. The second-order valence-corrected chi connectivity index (χ2v) is 2.67. The van der Waals surface area contributed by atoms with Gasteiger partial charge >= 0.3 is 0 Å². The molecular formula is C10H18O. The predicted molar refractivity (Wildman–Crippen MR) is 49.5 cm³/mol. The molecule has 1 unspecified atom stereocenters. The molecule has 0 aliphatic heterocycles. The second kappa shape index (κ2) is 6.17. The first kappa shape index (κ1) is 10.4. The van der Waals surface area contributed by atoms with E-state index in [4.69, 9.17) is 0 Å². The molecule has 0 saturated heterocycles. The van der Waals surface area contributed by atoms with Gasteiger partial charge in [-0.05, 0) is 31.8 Å². The lowest BCUT2D eigenvalue weighted by atomic mass is 10.1. The number of hydrogen-bond donors (Lipinski definition) is 1. The molecule has 1 heteroatoms. The molecule has 0 saturated carbocycles. The van der Waals surface area contributed by atoms with Crippen molar-refractivity contribution in [2.75, 3.05) is 0 Å². The summed E-state index contributed by atoms with van der Waals surface area (Å²) in [6.45, 7) is 7.51. The zero-order valence-electron chi connectivity index (χ0n) is 7.51. The van der Waals surface area contributed by atoms with Crippen molar-refractivity contribution in [3.05, 3.63) is 24.3 Å². The highest BCUT2D eigenvalue weighted by Crippen LogP contribution is 2.08. The molecule has 0 aromatic rings. The van der Waals surface area contributed by atoms with Gasteiger partial charge in [-0.2, -0.15) is 0 Å². The molecule has 0 amide bonds. The first-order chi connectivity index (χ1) is 5.22. The van der Waals surface area contributed by atoms with E-state index in [0.29, 0.717) is 0 Å². The quantitative estimate of drug-likeness (QED) is 0.477. The highest BCUT2D eigenvalue weighted by atomic mass is 16.3. The maximum absolute atomic E-state index is 9.22. The summed E-state index contributed by atoms with van der Waals surface area (Å²) < 4.78 is 0. The van der Waals surface area contributed by atoms with Crippen molar-refractivity contribution in [3.8, 4) is 0 Å². The lowest BCUT2D eigenvalue weighted by Gasteiger charge is -2.06. The molecule has 0 aromatic heterocycles. The van der Waals surface area contributed by atoms with Crippen LogP contribution in [0.2, 0.25) is 0 Å². The molecule has 0 aliphatic rings. The van der Waals surface area contributed by atoms with Gasteiger partial charge in [0.1, 0.15) is 0 Å². The summed E-state index contributed by atoms with van der Waals surface area (Å²) in [4.78, 5) is 0. The Morgan fingerprint density at radius 2 is 2.18 bits per heavy atom. The Hall–Kier alpha value is -0.560. The summed E-state index contributed by atoms with van der Waals surface area (Å²) in [7, 11) is 0. The van der Waals surface area contributed by atoms with Crippen molar-refractivity contribution < 1.29 is 5.11 Å². The van der Waals surface area contributed by atoms with Crippen LogP contribution in [0.4, 0.5) is 0 Å². The Morgan fingerprint density at radius 1 is 1.55 bits per heavy atom. The zero-order valence-corrected chi connectivity index (χ0v) is 7.51. The van der Waals surface area contributed by atoms with Crippen LogP contribution < -0.4 is 0 Å². The van der Waals surface area contributed by atoms with Gasteiger partial charge in [0.15, 0.2) is 0 Å². The number of hydrogen-bond acceptors (Lipinski definition) is 1. The molecule has 1 nitrogen and oxygen atoms in total. The fourth-order valence-corrected chi connectivity index (χ4v) is 0.997. The van der Waals surface area contributed by atoms with E-state index in [9.17, 15) is 5.11 Å². The monoisotopic (exact) mass is 154 g/mol. The molecule has 0 aliphatic carbocycles. The maximum atomic E-state index is 9.22. The van der Waals surface area contributed by atoms with E-state index in [1.165, 1.54) is 0 Å². The number of aliphatic hydroxyl groups is 1. The number of aliphatic hydroxyl groups excluding tert-OH is 1. The van der Waals surface area contributed by atoms with E-state index in [2.05, 4.69) is 19.6 Å². The van der Waals surface area contributed by atoms with E-state index >= 15 is 0 Å². The van der Waals surface area contributed by atoms with E-state index in [0.717, 1.165) is 24.8 Å². The minimum absolute atomic E-state index is 0.287. The van der Waals surface area contributed by atoms with Crippen LogP contribution in [0.15, 0.2) is 24.3 Å². The van der Waals surface area contributed by atoms with Crippen LogP contribution in [0.1, 0.15) is 33.1 Å². The normalized spacial score (nSPS) is 14.6. The largest absolute Gasteiger partial charge is 0.389 e. The Balaban J connectivity index is 3.80. The summed E-state index contributed by atoms with van der Waals surface area (Å²) in [6, 6.07) is 0. The molecule has 0 fully saturated rings. The number of unbranched alkanes of at least 4 members (excludes halogenated alkanes) is 1. The van der Waals surface area contributed by atoms with Crippen LogP contribution in [-0.2, 0) is 0 Å². The van der Waals surface area contributed by atoms with Gasteiger partial charge in [-0.3, -0.25) is 0 Å². The van der Waals surface area contributed by atoms with Crippen molar-refractivity contribution in [1.29, 1.82) is 0 Å². The number of rotatable bonds is 5. The van der Waals surface area contributed by atoms with E-state index in [-0.39, 0.29) is 6.10 Å². The van der Waals surface area contributed by atoms with Crippen LogP contribution >= 0.6 is 0 Å². The molecule has 0 rings (SSSR count). The molecule has 11 heavy (non-hydrogen) atoms. The molecule has 0 heterocycles. The van der Waals surface area contributed by atoms with Crippen LogP contribution in [0.5, 0.6) is 0 Å².